The maximum Gasteiger partial charge on any atom is 0.139 e. The van der Waals surface area contributed by atoms with E-state index in [9.17, 15) is 4.79 Å². The molecule has 4 nitrogen and oxygen atoms in total. The minimum Gasteiger partial charge on any atom is -0.400 e. The average Bonchev–Trinajstić information content (AvgIpc) is 2.73. The van der Waals surface area contributed by atoms with Gasteiger partial charge in [0.2, 0.25) is 0 Å². The molecule has 2 aromatic rings. The van der Waals surface area contributed by atoms with Crippen molar-refractivity contribution in [3.8, 4) is 0 Å². The van der Waals surface area contributed by atoms with Crippen molar-refractivity contribution >= 4 is 17.2 Å². The van der Waals surface area contributed by atoms with Gasteiger partial charge in [0.05, 0.1) is 18.3 Å². The average molecular weight is 236 g/mol. The number of hydrogen-bond acceptors (Lipinski definition) is 3. The Morgan fingerprint density at radius 1 is 1.41 bits per heavy atom. The molecule has 0 amide bonds. The molecule has 0 spiro atoms. The largest absolute Gasteiger partial charge is 0.400 e. The van der Waals surface area contributed by atoms with Crippen LogP contribution in [0.4, 0.5) is 0 Å². The SMILES string of the molecule is CC.CO.Cc1cn(CC=O)c2cnccc12. The molecule has 0 radical (unpaired) electrons. The number of carbonyl (C=O) groups is 1. The molecule has 0 bridgehead atoms. The second kappa shape index (κ2) is 8.47. The number of aromatic nitrogens is 2. The fourth-order valence-corrected chi connectivity index (χ4v) is 1.55. The van der Waals surface area contributed by atoms with Crippen LogP contribution in [0.5, 0.6) is 0 Å². The van der Waals surface area contributed by atoms with Crippen molar-refractivity contribution in [3.05, 3.63) is 30.2 Å². The Kier molecular flexibility index (Phi) is 7.63. The van der Waals surface area contributed by atoms with Gasteiger partial charge >= 0.3 is 0 Å². The van der Waals surface area contributed by atoms with Gasteiger partial charge in [0.25, 0.3) is 0 Å². The van der Waals surface area contributed by atoms with E-state index in [1.807, 2.05) is 37.6 Å². The normalized spacial score (nSPS) is 8.76. The summed E-state index contributed by atoms with van der Waals surface area (Å²) in [6, 6.07) is 1.96. The molecule has 0 aliphatic carbocycles. The van der Waals surface area contributed by atoms with E-state index >= 15 is 0 Å². The van der Waals surface area contributed by atoms with Crippen molar-refractivity contribution in [2.75, 3.05) is 7.11 Å². The first-order chi connectivity index (χ1) is 8.33. The van der Waals surface area contributed by atoms with Gasteiger partial charge in [0.15, 0.2) is 0 Å². The van der Waals surface area contributed by atoms with Crippen molar-refractivity contribution in [3.63, 3.8) is 0 Å². The van der Waals surface area contributed by atoms with Gasteiger partial charge in [-0.3, -0.25) is 4.98 Å². The van der Waals surface area contributed by atoms with Gasteiger partial charge in [0.1, 0.15) is 6.29 Å². The van der Waals surface area contributed by atoms with E-state index in [1.165, 1.54) is 5.56 Å². The Morgan fingerprint density at radius 2 is 2.06 bits per heavy atom. The number of fused-ring (bicyclic) bond motifs is 1. The molecule has 4 heteroatoms. The first kappa shape index (κ1) is 15.3. The van der Waals surface area contributed by atoms with E-state index < -0.39 is 0 Å². The standard InChI is InChI=1S/C10H10N2O.C2H6.CH4O/c1-8-7-12(4-5-13)10-6-11-3-2-9(8)10;2*1-2/h2-3,5-7H,4H2,1H3;1-2H3;2H,1H3. The zero-order valence-electron chi connectivity index (χ0n) is 10.8. The van der Waals surface area contributed by atoms with Gasteiger partial charge in [-0.15, -0.1) is 0 Å². The molecule has 2 rings (SSSR count). The Bertz CT molecular complexity index is 450. The number of nitrogens with zero attached hydrogens (tertiary/aromatic N) is 2. The summed E-state index contributed by atoms with van der Waals surface area (Å²) >= 11 is 0. The molecule has 0 aliphatic rings. The van der Waals surface area contributed by atoms with Gasteiger partial charge < -0.3 is 14.5 Å². The van der Waals surface area contributed by atoms with Gasteiger partial charge in [-0.05, 0) is 18.6 Å². The number of carbonyl (C=O) groups excluding carboxylic acids is 1. The lowest BCUT2D eigenvalue weighted by molar-refractivity contribution is -0.108. The molecule has 0 atom stereocenters. The summed E-state index contributed by atoms with van der Waals surface area (Å²) in [6.45, 7) is 6.43. The fraction of sp³-hybridized carbons (Fsp3) is 0.385. The van der Waals surface area contributed by atoms with Gasteiger partial charge in [0, 0.05) is 24.9 Å². The molecule has 2 aromatic heterocycles. The third kappa shape index (κ3) is 3.67. The van der Waals surface area contributed by atoms with Crippen LogP contribution in [0, 0.1) is 6.92 Å². The van der Waals surface area contributed by atoms with E-state index in [2.05, 4.69) is 4.98 Å². The minimum atomic E-state index is 0.399. The Labute approximate surface area is 102 Å². The molecule has 0 saturated heterocycles. The maximum absolute atomic E-state index is 10.4. The zero-order chi connectivity index (χ0) is 13.3. The molecule has 0 saturated carbocycles. The van der Waals surface area contributed by atoms with Crippen molar-refractivity contribution in [1.29, 1.82) is 0 Å². The number of pyridine rings is 1. The predicted octanol–water partition coefficient (Wildman–Crippen LogP) is 2.18. The van der Waals surface area contributed by atoms with Gasteiger partial charge in [-0.25, -0.2) is 0 Å². The van der Waals surface area contributed by atoms with Crippen LogP contribution in [0.3, 0.4) is 0 Å². The first-order valence-electron chi connectivity index (χ1n) is 5.60. The van der Waals surface area contributed by atoms with E-state index in [0.29, 0.717) is 6.54 Å². The van der Waals surface area contributed by atoms with Crippen molar-refractivity contribution in [2.24, 2.45) is 0 Å². The Balaban J connectivity index is 0.000000581. The van der Waals surface area contributed by atoms with Crippen LogP contribution in [-0.2, 0) is 11.3 Å². The topological polar surface area (TPSA) is 55.1 Å². The minimum absolute atomic E-state index is 0.399. The highest BCUT2D eigenvalue weighted by Gasteiger charge is 2.03. The number of aliphatic hydroxyl groups excluding tert-OH is 1. The van der Waals surface area contributed by atoms with E-state index in [-0.39, 0.29) is 0 Å². The third-order valence-corrected chi connectivity index (χ3v) is 2.16. The van der Waals surface area contributed by atoms with E-state index in [0.717, 1.165) is 24.3 Å². The highest BCUT2D eigenvalue weighted by Crippen LogP contribution is 2.18. The summed E-state index contributed by atoms with van der Waals surface area (Å²) in [6.07, 6.45) is 6.42. The highest BCUT2D eigenvalue weighted by molar-refractivity contribution is 5.83. The smallest absolute Gasteiger partial charge is 0.139 e. The van der Waals surface area contributed by atoms with Crippen LogP contribution < -0.4 is 0 Å². The van der Waals surface area contributed by atoms with Gasteiger partial charge in [-0.2, -0.15) is 0 Å². The predicted molar refractivity (Wildman–Crippen MR) is 70.0 cm³/mol. The van der Waals surface area contributed by atoms with Crippen LogP contribution in [0.2, 0.25) is 0 Å². The molecule has 2 heterocycles. The summed E-state index contributed by atoms with van der Waals surface area (Å²) in [5.74, 6) is 0. The van der Waals surface area contributed by atoms with Crippen LogP contribution in [0.1, 0.15) is 19.4 Å². The number of hydrogen-bond donors (Lipinski definition) is 1. The molecule has 94 valence electrons. The lowest BCUT2D eigenvalue weighted by Crippen LogP contribution is -1.96. The quantitative estimate of drug-likeness (QED) is 0.813. The van der Waals surface area contributed by atoms with Crippen LogP contribution in [-0.4, -0.2) is 28.1 Å². The molecule has 0 aliphatic heterocycles. The van der Waals surface area contributed by atoms with Crippen LogP contribution >= 0.6 is 0 Å². The van der Waals surface area contributed by atoms with E-state index in [4.69, 9.17) is 5.11 Å². The number of aliphatic hydroxyl groups is 1. The second-order valence-corrected chi connectivity index (χ2v) is 3.02. The first-order valence-corrected chi connectivity index (χ1v) is 5.60. The summed E-state index contributed by atoms with van der Waals surface area (Å²) in [7, 11) is 1.00. The zero-order valence-corrected chi connectivity index (χ0v) is 10.8. The molecule has 17 heavy (non-hydrogen) atoms. The third-order valence-electron chi connectivity index (χ3n) is 2.16. The van der Waals surface area contributed by atoms with Crippen LogP contribution in [0.15, 0.2) is 24.7 Å². The molecule has 0 fully saturated rings. The number of aldehydes is 1. The summed E-state index contributed by atoms with van der Waals surface area (Å²) in [4.78, 5) is 14.4. The Morgan fingerprint density at radius 3 is 2.65 bits per heavy atom. The molecule has 0 aromatic carbocycles. The summed E-state index contributed by atoms with van der Waals surface area (Å²) in [5.41, 5.74) is 2.20. The van der Waals surface area contributed by atoms with E-state index in [1.54, 1.807) is 12.4 Å². The summed E-state index contributed by atoms with van der Waals surface area (Å²) in [5, 5.41) is 8.16. The molecular formula is C13H20N2O2. The lowest BCUT2D eigenvalue weighted by Gasteiger charge is -1.96. The number of rotatable bonds is 2. The summed E-state index contributed by atoms with van der Waals surface area (Å²) < 4.78 is 1.91. The van der Waals surface area contributed by atoms with Gasteiger partial charge in [-0.1, -0.05) is 13.8 Å². The van der Waals surface area contributed by atoms with Crippen molar-refractivity contribution in [2.45, 2.75) is 27.3 Å². The lowest BCUT2D eigenvalue weighted by atomic mass is 10.2. The molecule has 0 unspecified atom stereocenters. The highest BCUT2D eigenvalue weighted by atomic mass is 16.2. The monoisotopic (exact) mass is 236 g/mol. The second-order valence-electron chi connectivity index (χ2n) is 3.02. The van der Waals surface area contributed by atoms with Crippen molar-refractivity contribution in [1.82, 2.24) is 9.55 Å². The van der Waals surface area contributed by atoms with Crippen LogP contribution in [0.25, 0.3) is 10.9 Å². The fourth-order valence-electron chi connectivity index (χ4n) is 1.55. The van der Waals surface area contributed by atoms with Crippen molar-refractivity contribution < 1.29 is 9.90 Å². The number of aryl methyl sites for hydroxylation is 1. The maximum atomic E-state index is 10.4. The Hall–Kier alpha value is -1.68. The molecular weight excluding hydrogens is 216 g/mol. The molecule has 1 N–H and O–H groups in total.